The molecule has 0 saturated carbocycles. The second-order valence-electron chi connectivity index (χ2n) is 5.14. The number of aryl methyl sites for hydroxylation is 1. The van der Waals surface area contributed by atoms with Crippen LogP contribution in [0.5, 0.6) is 0 Å². The molecule has 1 aliphatic rings. The van der Waals surface area contributed by atoms with Gasteiger partial charge in [0, 0.05) is 5.69 Å². The zero-order valence-corrected chi connectivity index (χ0v) is 11.2. The molecule has 0 spiro atoms. The number of rotatable bonds is 2. The molecular formula is C14H17FN2O2. The molecule has 1 unspecified atom stereocenters. The van der Waals surface area contributed by atoms with E-state index < -0.39 is 6.04 Å². The highest BCUT2D eigenvalue weighted by atomic mass is 19.1. The monoisotopic (exact) mass is 264 g/mol. The van der Waals surface area contributed by atoms with Gasteiger partial charge in [-0.2, -0.15) is 0 Å². The van der Waals surface area contributed by atoms with Gasteiger partial charge in [0.05, 0.1) is 0 Å². The highest BCUT2D eigenvalue weighted by Crippen LogP contribution is 2.24. The molecule has 1 saturated heterocycles. The molecule has 0 aromatic heterocycles. The quantitative estimate of drug-likeness (QED) is 0.882. The normalized spacial score (nSPS) is 19.8. The molecule has 1 heterocycles. The Morgan fingerprint density at radius 2 is 2.05 bits per heavy atom. The topological polar surface area (TPSA) is 49.4 Å². The maximum Gasteiger partial charge on any atom is 0.250 e. The number of hydrogen-bond acceptors (Lipinski definition) is 2. The van der Waals surface area contributed by atoms with Gasteiger partial charge in [-0.3, -0.25) is 9.59 Å². The average Bonchev–Trinajstić information content (AvgIpc) is 2.32. The molecule has 0 bridgehead atoms. The molecule has 1 aliphatic heterocycles. The van der Waals surface area contributed by atoms with Gasteiger partial charge in [0.2, 0.25) is 11.8 Å². The lowest BCUT2D eigenvalue weighted by Gasteiger charge is -2.35. The van der Waals surface area contributed by atoms with Crippen molar-refractivity contribution in [1.29, 1.82) is 0 Å². The second kappa shape index (κ2) is 4.99. The summed E-state index contributed by atoms with van der Waals surface area (Å²) in [7, 11) is 0. The number of benzene rings is 1. The van der Waals surface area contributed by atoms with Crippen LogP contribution in [0.15, 0.2) is 18.2 Å². The first kappa shape index (κ1) is 13.5. The summed E-state index contributed by atoms with van der Waals surface area (Å²) in [5.41, 5.74) is 1.23. The number of amides is 2. The van der Waals surface area contributed by atoms with Crippen LogP contribution >= 0.6 is 0 Å². The van der Waals surface area contributed by atoms with Gasteiger partial charge in [-0.1, -0.05) is 13.8 Å². The Bertz CT molecular complexity index is 528. The van der Waals surface area contributed by atoms with Crippen LogP contribution in [0.25, 0.3) is 0 Å². The van der Waals surface area contributed by atoms with Gasteiger partial charge in [0.25, 0.3) is 0 Å². The standard InChI is InChI=1S/C14H17FN2O2/c1-8(2)13-14(19)17(7-12(18)16-13)11-5-4-10(15)6-9(11)3/h4-6,8,13H,7H2,1-3H3,(H,16,18). The highest BCUT2D eigenvalue weighted by molar-refractivity contribution is 6.07. The zero-order chi connectivity index (χ0) is 14.2. The molecular weight excluding hydrogens is 247 g/mol. The first-order valence-electron chi connectivity index (χ1n) is 6.27. The third-order valence-corrected chi connectivity index (χ3v) is 3.27. The number of hydrogen-bond donors (Lipinski definition) is 1. The molecule has 2 rings (SSSR count). The minimum absolute atomic E-state index is 0.0139. The third kappa shape index (κ3) is 2.59. The van der Waals surface area contributed by atoms with Crippen LogP contribution in [-0.4, -0.2) is 24.4 Å². The second-order valence-corrected chi connectivity index (χ2v) is 5.14. The van der Waals surface area contributed by atoms with Crippen molar-refractivity contribution in [2.75, 3.05) is 11.4 Å². The molecule has 102 valence electrons. The lowest BCUT2D eigenvalue weighted by Crippen LogP contribution is -2.60. The molecule has 0 aliphatic carbocycles. The lowest BCUT2D eigenvalue weighted by molar-refractivity contribution is -0.132. The SMILES string of the molecule is Cc1cc(F)ccc1N1CC(=O)NC(C(C)C)C1=O. The van der Waals surface area contributed by atoms with Crippen molar-refractivity contribution in [3.63, 3.8) is 0 Å². The third-order valence-electron chi connectivity index (χ3n) is 3.27. The minimum Gasteiger partial charge on any atom is -0.342 e. The summed E-state index contributed by atoms with van der Waals surface area (Å²) in [6.07, 6.45) is 0. The predicted octanol–water partition coefficient (Wildman–Crippen LogP) is 1.62. The van der Waals surface area contributed by atoms with Crippen molar-refractivity contribution < 1.29 is 14.0 Å². The Labute approximate surface area is 111 Å². The van der Waals surface area contributed by atoms with Crippen LogP contribution < -0.4 is 10.2 Å². The van der Waals surface area contributed by atoms with Crippen molar-refractivity contribution >= 4 is 17.5 Å². The first-order chi connectivity index (χ1) is 8.90. The molecule has 4 nitrogen and oxygen atoms in total. The van der Waals surface area contributed by atoms with E-state index >= 15 is 0 Å². The van der Waals surface area contributed by atoms with E-state index in [0.717, 1.165) is 0 Å². The number of piperazine rings is 1. The number of nitrogens with one attached hydrogen (secondary N) is 1. The van der Waals surface area contributed by atoms with Crippen molar-refractivity contribution in [1.82, 2.24) is 5.32 Å². The Hall–Kier alpha value is -1.91. The van der Waals surface area contributed by atoms with Crippen LogP contribution in [0.2, 0.25) is 0 Å². The predicted molar refractivity (Wildman–Crippen MR) is 70.3 cm³/mol. The summed E-state index contributed by atoms with van der Waals surface area (Å²) in [6.45, 7) is 5.46. The fourth-order valence-electron chi connectivity index (χ4n) is 2.25. The van der Waals surface area contributed by atoms with Gasteiger partial charge in [-0.15, -0.1) is 0 Å². The van der Waals surface area contributed by atoms with Crippen molar-refractivity contribution in [3.05, 3.63) is 29.6 Å². The Morgan fingerprint density at radius 1 is 1.37 bits per heavy atom. The number of halogens is 1. The minimum atomic E-state index is -0.522. The maximum atomic E-state index is 13.1. The first-order valence-corrected chi connectivity index (χ1v) is 6.27. The Kier molecular flexibility index (Phi) is 3.55. The molecule has 1 fully saturated rings. The fourth-order valence-corrected chi connectivity index (χ4v) is 2.25. The zero-order valence-electron chi connectivity index (χ0n) is 11.2. The smallest absolute Gasteiger partial charge is 0.250 e. The molecule has 2 amide bonds. The van der Waals surface area contributed by atoms with Crippen LogP contribution in [0.4, 0.5) is 10.1 Å². The van der Waals surface area contributed by atoms with E-state index in [1.807, 2.05) is 13.8 Å². The van der Waals surface area contributed by atoms with Crippen LogP contribution in [0.1, 0.15) is 19.4 Å². The van der Waals surface area contributed by atoms with Gasteiger partial charge in [-0.25, -0.2) is 4.39 Å². The maximum absolute atomic E-state index is 13.1. The molecule has 1 atom stereocenters. The number of nitrogens with zero attached hydrogens (tertiary/aromatic N) is 1. The summed E-state index contributed by atoms with van der Waals surface area (Å²) in [5.74, 6) is -0.679. The van der Waals surface area contributed by atoms with Gasteiger partial charge in [-0.05, 0) is 36.6 Å². The molecule has 19 heavy (non-hydrogen) atoms. The Balaban J connectivity index is 2.37. The van der Waals surface area contributed by atoms with Gasteiger partial charge < -0.3 is 10.2 Å². The molecule has 1 aromatic carbocycles. The van der Waals surface area contributed by atoms with E-state index in [9.17, 15) is 14.0 Å². The van der Waals surface area contributed by atoms with Crippen molar-refractivity contribution in [2.24, 2.45) is 5.92 Å². The average molecular weight is 264 g/mol. The summed E-state index contributed by atoms with van der Waals surface area (Å²) in [4.78, 5) is 25.5. The number of carbonyl (C=O) groups is 2. The van der Waals surface area contributed by atoms with Crippen molar-refractivity contribution in [3.8, 4) is 0 Å². The van der Waals surface area contributed by atoms with E-state index in [1.54, 1.807) is 13.0 Å². The summed E-state index contributed by atoms with van der Waals surface area (Å²) >= 11 is 0. The Morgan fingerprint density at radius 3 is 2.63 bits per heavy atom. The van der Waals surface area contributed by atoms with Gasteiger partial charge in [0.1, 0.15) is 18.4 Å². The van der Waals surface area contributed by atoms with E-state index in [4.69, 9.17) is 0 Å². The largest absolute Gasteiger partial charge is 0.342 e. The van der Waals surface area contributed by atoms with Crippen LogP contribution in [0, 0.1) is 18.7 Å². The van der Waals surface area contributed by atoms with E-state index in [1.165, 1.54) is 17.0 Å². The number of carbonyl (C=O) groups excluding carboxylic acids is 2. The molecule has 1 N–H and O–H groups in total. The molecule has 1 aromatic rings. The lowest BCUT2D eigenvalue weighted by atomic mass is 9.99. The van der Waals surface area contributed by atoms with Crippen molar-refractivity contribution in [2.45, 2.75) is 26.8 Å². The van der Waals surface area contributed by atoms with E-state index in [2.05, 4.69) is 5.32 Å². The molecule has 0 radical (unpaired) electrons. The van der Waals surface area contributed by atoms with Gasteiger partial charge in [0.15, 0.2) is 0 Å². The summed E-state index contributed by atoms with van der Waals surface area (Å²) < 4.78 is 13.1. The number of anilines is 1. The van der Waals surface area contributed by atoms with Crippen LogP contribution in [0.3, 0.4) is 0 Å². The van der Waals surface area contributed by atoms with Crippen LogP contribution in [-0.2, 0) is 9.59 Å². The van der Waals surface area contributed by atoms with E-state index in [-0.39, 0.29) is 30.1 Å². The highest BCUT2D eigenvalue weighted by Gasteiger charge is 2.35. The summed E-state index contributed by atoms with van der Waals surface area (Å²) in [5, 5.41) is 2.69. The van der Waals surface area contributed by atoms with E-state index in [0.29, 0.717) is 11.3 Å². The molecule has 5 heteroatoms. The summed E-state index contributed by atoms with van der Waals surface area (Å²) in [6, 6.07) is 3.68. The van der Waals surface area contributed by atoms with Gasteiger partial charge >= 0.3 is 0 Å². The fraction of sp³-hybridized carbons (Fsp3) is 0.429.